The number of ether oxygens (including phenoxy) is 2. The number of aromatic amines is 1. The smallest absolute Gasteiger partial charge is 0.342 e. The van der Waals surface area contributed by atoms with Gasteiger partial charge in [-0.15, -0.1) is 5.10 Å². The zero-order valence-corrected chi connectivity index (χ0v) is 21.4. The van der Waals surface area contributed by atoms with Crippen molar-refractivity contribution in [2.75, 3.05) is 34.3 Å². The quantitative estimate of drug-likeness (QED) is 0.498. The number of benzene rings is 1. The molecular formula is C24H31FN6O3S. The topological polar surface area (TPSA) is 96.5 Å². The Labute approximate surface area is 207 Å². The number of hydrogen-bond donors (Lipinski definition) is 1. The molecule has 0 spiro atoms. The van der Waals surface area contributed by atoms with Crippen LogP contribution in [-0.4, -0.2) is 73.9 Å². The highest BCUT2D eigenvalue weighted by molar-refractivity contribution is 7.82. The number of aromatic nitrogens is 4. The van der Waals surface area contributed by atoms with Gasteiger partial charge in [-0.1, -0.05) is 13.8 Å². The number of halogens is 1. The summed E-state index contributed by atoms with van der Waals surface area (Å²) in [6.07, 6.45) is 3.45. The summed E-state index contributed by atoms with van der Waals surface area (Å²) >= 11 is 0. The molecule has 3 aromatic rings. The first-order valence-electron chi connectivity index (χ1n) is 11.5. The number of nitrogens with zero attached hydrogens (tertiary/aromatic N) is 5. The summed E-state index contributed by atoms with van der Waals surface area (Å²) in [5.41, 5.74) is 1.86. The van der Waals surface area contributed by atoms with Gasteiger partial charge in [-0.3, -0.25) is 0 Å². The number of hydrogen-bond acceptors (Lipinski definition) is 7. The molecule has 0 saturated carbocycles. The normalized spacial score (nSPS) is 16.1. The second-order valence-corrected chi connectivity index (χ2v) is 10.4. The van der Waals surface area contributed by atoms with Gasteiger partial charge in [-0.05, 0) is 56.6 Å². The number of methoxy groups -OCH3 is 1. The molecule has 0 radical (unpaired) electrons. The van der Waals surface area contributed by atoms with Gasteiger partial charge in [-0.25, -0.2) is 23.0 Å². The predicted octanol–water partition coefficient (Wildman–Crippen LogP) is 3.98. The minimum atomic E-state index is -1.48. The minimum absolute atomic E-state index is 0.0207. The molecule has 1 aliphatic heterocycles. The standard InChI is InChI=1S/C24H31FN6O3S/c1-15(2)19-13-17(25)14-20(16-6-9-26-21(12-16)33-5)22(19)34-23-27-24(29-28-23)35(32)31-10-7-18(8-11-31)30(3)4/h6,9,12-15,18H,7-8,10-11H2,1-5H3,(H,27,28,29). The van der Waals surface area contributed by atoms with E-state index in [4.69, 9.17) is 9.47 Å². The van der Waals surface area contributed by atoms with Crippen LogP contribution >= 0.6 is 0 Å². The van der Waals surface area contributed by atoms with Gasteiger partial charge < -0.3 is 14.4 Å². The molecule has 1 unspecified atom stereocenters. The van der Waals surface area contributed by atoms with E-state index in [0.717, 1.165) is 12.8 Å². The SMILES string of the molecule is COc1cc(-c2cc(F)cc(C(C)C)c2Oc2n[nH]c(S(=O)N3CCC(N(C)C)CC3)n2)ccn1. The van der Waals surface area contributed by atoms with Crippen molar-refractivity contribution in [3.8, 4) is 28.8 Å². The van der Waals surface area contributed by atoms with Crippen molar-refractivity contribution >= 4 is 11.0 Å². The van der Waals surface area contributed by atoms with Gasteiger partial charge in [0.05, 0.1) is 7.11 Å². The Kier molecular flexibility index (Phi) is 7.78. The van der Waals surface area contributed by atoms with Crippen LogP contribution in [0.5, 0.6) is 17.6 Å². The summed E-state index contributed by atoms with van der Waals surface area (Å²) < 4.78 is 40.9. The highest BCUT2D eigenvalue weighted by Gasteiger charge is 2.27. The number of piperidine rings is 1. The van der Waals surface area contributed by atoms with Gasteiger partial charge >= 0.3 is 6.01 Å². The maximum atomic E-state index is 14.6. The summed E-state index contributed by atoms with van der Waals surface area (Å²) in [7, 11) is 4.17. The van der Waals surface area contributed by atoms with Crippen LogP contribution in [0.15, 0.2) is 35.6 Å². The molecule has 11 heteroatoms. The molecule has 0 amide bonds. The third-order valence-corrected chi connectivity index (χ3v) is 7.50. The van der Waals surface area contributed by atoms with Crippen molar-refractivity contribution in [2.45, 2.75) is 43.8 Å². The van der Waals surface area contributed by atoms with Crippen LogP contribution < -0.4 is 9.47 Å². The van der Waals surface area contributed by atoms with Gasteiger partial charge in [-0.2, -0.15) is 4.98 Å². The van der Waals surface area contributed by atoms with Gasteiger partial charge in [0.1, 0.15) is 11.6 Å². The summed E-state index contributed by atoms with van der Waals surface area (Å²) in [4.78, 5) is 10.7. The molecule has 4 rings (SSSR count). The maximum absolute atomic E-state index is 14.6. The molecule has 3 heterocycles. The molecular weight excluding hydrogens is 471 g/mol. The number of nitrogens with one attached hydrogen (secondary N) is 1. The fourth-order valence-corrected chi connectivity index (χ4v) is 5.22. The highest BCUT2D eigenvalue weighted by atomic mass is 32.2. The molecule has 1 fully saturated rings. The molecule has 1 aliphatic rings. The molecule has 0 aliphatic carbocycles. The molecule has 188 valence electrons. The lowest BCUT2D eigenvalue weighted by atomic mass is 9.95. The Hall–Kier alpha value is -2.89. The maximum Gasteiger partial charge on any atom is 0.342 e. The van der Waals surface area contributed by atoms with Crippen molar-refractivity contribution in [3.05, 3.63) is 41.8 Å². The van der Waals surface area contributed by atoms with Crippen molar-refractivity contribution < 1.29 is 18.1 Å². The lowest BCUT2D eigenvalue weighted by Gasteiger charge is -2.33. The highest BCUT2D eigenvalue weighted by Crippen LogP contribution is 2.40. The molecule has 9 nitrogen and oxygen atoms in total. The molecule has 1 N–H and O–H groups in total. The van der Waals surface area contributed by atoms with Crippen LogP contribution in [0.2, 0.25) is 0 Å². The average Bonchev–Trinajstić information content (AvgIpc) is 3.33. The number of pyridine rings is 1. The second kappa shape index (κ2) is 10.8. The lowest BCUT2D eigenvalue weighted by molar-refractivity contribution is 0.200. The molecule has 0 bridgehead atoms. The average molecular weight is 503 g/mol. The van der Waals surface area contributed by atoms with E-state index in [1.807, 2.05) is 18.2 Å². The zero-order valence-electron chi connectivity index (χ0n) is 20.6. The van der Waals surface area contributed by atoms with Crippen molar-refractivity contribution in [1.29, 1.82) is 0 Å². The van der Waals surface area contributed by atoms with E-state index in [0.29, 0.717) is 47.5 Å². The van der Waals surface area contributed by atoms with E-state index >= 15 is 0 Å². The van der Waals surface area contributed by atoms with Crippen molar-refractivity contribution in [2.24, 2.45) is 0 Å². The van der Waals surface area contributed by atoms with Crippen LogP contribution in [0.25, 0.3) is 11.1 Å². The van der Waals surface area contributed by atoms with E-state index in [-0.39, 0.29) is 22.9 Å². The van der Waals surface area contributed by atoms with E-state index in [9.17, 15) is 8.60 Å². The predicted molar refractivity (Wildman–Crippen MR) is 131 cm³/mol. The minimum Gasteiger partial charge on any atom is -0.481 e. The molecule has 1 saturated heterocycles. The molecule has 2 aromatic heterocycles. The summed E-state index contributed by atoms with van der Waals surface area (Å²) in [5, 5.41) is 7.12. The zero-order chi connectivity index (χ0) is 25.1. The largest absolute Gasteiger partial charge is 0.481 e. The Morgan fingerprint density at radius 1 is 1.23 bits per heavy atom. The van der Waals surface area contributed by atoms with Crippen LogP contribution in [0.1, 0.15) is 38.2 Å². The van der Waals surface area contributed by atoms with Crippen molar-refractivity contribution in [3.63, 3.8) is 0 Å². The lowest BCUT2D eigenvalue weighted by Crippen LogP contribution is -2.42. The van der Waals surface area contributed by atoms with Gasteiger partial charge in [0.25, 0.3) is 0 Å². The Balaban J connectivity index is 1.61. The first-order chi connectivity index (χ1) is 16.8. The summed E-state index contributed by atoms with van der Waals surface area (Å²) in [6, 6.07) is 6.81. The van der Waals surface area contributed by atoms with Crippen LogP contribution in [0.3, 0.4) is 0 Å². The monoisotopic (exact) mass is 502 g/mol. The van der Waals surface area contributed by atoms with Crippen LogP contribution in [0, 0.1) is 5.82 Å². The number of H-pyrrole nitrogens is 1. The van der Waals surface area contributed by atoms with E-state index in [1.165, 1.54) is 19.2 Å². The molecule has 1 atom stereocenters. The molecule has 35 heavy (non-hydrogen) atoms. The van der Waals surface area contributed by atoms with E-state index < -0.39 is 11.0 Å². The first-order valence-corrected chi connectivity index (χ1v) is 12.6. The van der Waals surface area contributed by atoms with Crippen LogP contribution in [-0.2, 0) is 11.0 Å². The Morgan fingerprint density at radius 2 is 1.97 bits per heavy atom. The first kappa shape index (κ1) is 25.2. The third kappa shape index (κ3) is 5.68. The number of rotatable bonds is 8. The van der Waals surface area contributed by atoms with Gasteiger partial charge in [0.15, 0.2) is 11.0 Å². The Morgan fingerprint density at radius 3 is 2.63 bits per heavy atom. The van der Waals surface area contributed by atoms with Crippen molar-refractivity contribution in [1.82, 2.24) is 29.4 Å². The fourth-order valence-electron chi connectivity index (χ4n) is 4.15. The van der Waals surface area contributed by atoms with E-state index in [1.54, 1.807) is 18.3 Å². The fraction of sp³-hybridized carbons (Fsp3) is 0.458. The summed E-state index contributed by atoms with van der Waals surface area (Å²) in [6.45, 7) is 5.31. The van der Waals surface area contributed by atoms with E-state index in [2.05, 4.69) is 39.2 Å². The van der Waals surface area contributed by atoms with Crippen LogP contribution in [0.4, 0.5) is 4.39 Å². The third-order valence-electron chi connectivity index (χ3n) is 6.15. The second-order valence-electron chi connectivity index (χ2n) is 9.01. The van der Waals surface area contributed by atoms with Gasteiger partial charge in [0, 0.05) is 42.5 Å². The van der Waals surface area contributed by atoms with Gasteiger partial charge in [0.2, 0.25) is 11.0 Å². The molecule has 1 aromatic carbocycles. The summed E-state index contributed by atoms with van der Waals surface area (Å²) in [5.74, 6) is 0.411. The Bertz CT molecular complexity index is 1190.